The first-order valence-corrected chi connectivity index (χ1v) is 11.8. The normalized spacial score (nSPS) is 12.1. The molecular formula is C26H32N2O2S. The zero-order valence-corrected chi connectivity index (χ0v) is 19.9. The number of para-hydroxylation sites is 1. The molecule has 3 rings (SSSR count). The van der Waals surface area contributed by atoms with Gasteiger partial charge in [0, 0.05) is 17.0 Å². The highest BCUT2D eigenvalue weighted by Crippen LogP contribution is 2.27. The highest BCUT2D eigenvalue weighted by Gasteiger charge is 2.22. The topological polar surface area (TPSA) is 42.4 Å². The van der Waals surface area contributed by atoms with Gasteiger partial charge in [0.05, 0.1) is 12.2 Å². The summed E-state index contributed by atoms with van der Waals surface area (Å²) in [6.45, 7) is 11.5. The second kappa shape index (κ2) is 10.6. The van der Waals surface area contributed by atoms with Gasteiger partial charge in [-0.05, 0) is 49.9 Å². The maximum atomic E-state index is 13.2. The van der Waals surface area contributed by atoms with Gasteiger partial charge in [0.2, 0.25) is 0 Å². The third-order valence-electron chi connectivity index (χ3n) is 5.47. The molecule has 1 heterocycles. The summed E-state index contributed by atoms with van der Waals surface area (Å²) >= 11 is 1.58. The number of amides is 1. The van der Waals surface area contributed by atoms with Crippen molar-refractivity contribution in [1.29, 1.82) is 0 Å². The van der Waals surface area contributed by atoms with Gasteiger partial charge < -0.3 is 9.64 Å². The van der Waals surface area contributed by atoms with Crippen LogP contribution in [0.3, 0.4) is 0 Å². The van der Waals surface area contributed by atoms with Gasteiger partial charge in [0.15, 0.2) is 0 Å². The minimum absolute atomic E-state index is 0.0507. The summed E-state index contributed by atoms with van der Waals surface area (Å²) in [7, 11) is 0. The van der Waals surface area contributed by atoms with Crippen LogP contribution in [0.15, 0.2) is 53.9 Å². The Labute approximate surface area is 189 Å². The zero-order chi connectivity index (χ0) is 22.4. The van der Waals surface area contributed by atoms with E-state index in [1.165, 1.54) is 5.56 Å². The highest BCUT2D eigenvalue weighted by atomic mass is 32.1. The Hall–Kier alpha value is -2.66. The maximum Gasteiger partial charge on any atom is 0.254 e. The molecule has 0 saturated heterocycles. The van der Waals surface area contributed by atoms with Gasteiger partial charge in [-0.1, -0.05) is 56.7 Å². The van der Waals surface area contributed by atoms with Crippen molar-refractivity contribution in [3.63, 3.8) is 0 Å². The monoisotopic (exact) mass is 436 g/mol. The molecule has 0 fully saturated rings. The molecule has 0 spiro atoms. The molecule has 31 heavy (non-hydrogen) atoms. The lowest BCUT2D eigenvalue weighted by atomic mass is 10.0. The summed E-state index contributed by atoms with van der Waals surface area (Å²) in [6.07, 6.45) is 0.893. The van der Waals surface area contributed by atoms with E-state index in [2.05, 4.69) is 33.8 Å². The average molecular weight is 437 g/mol. The van der Waals surface area contributed by atoms with Gasteiger partial charge in [-0.25, -0.2) is 4.98 Å². The highest BCUT2D eigenvalue weighted by molar-refractivity contribution is 7.09. The fourth-order valence-electron chi connectivity index (χ4n) is 3.48. The van der Waals surface area contributed by atoms with Crippen LogP contribution in [-0.4, -0.2) is 21.8 Å². The third-order valence-corrected chi connectivity index (χ3v) is 6.34. The van der Waals surface area contributed by atoms with E-state index in [0.29, 0.717) is 19.1 Å². The molecule has 1 aromatic heterocycles. The molecule has 0 aliphatic heterocycles. The van der Waals surface area contributed by atoms with Crippen LogP contribution in [0, 0.1) is 6.92 Å². The van der Waals surface area contributed by atoms with Crippen LogP contribution in [0.25, 0.3) is 0 Å². The molecule has 0 bridgehead atoms. The first-order chi connectivity index (χ1) is 14.9. The first kappa shape index (κ1) is 23.0. The van der Waals surface area contributed by atoms with Gasteiger partial charge in [-0.2, -0.15) is 0 Å². The van der Waals surface area contributed by atoms with Crippen molar-refractivity contribution in [2.24, 2.45) is 0 Å². The Kier molecular flexibility index (Phi) is 7.85. The second-order valence-corrected chi connectivity index (χ2v) is 9.22. The van der Waals surface area contributed by atoms with Gasteiger partial charge in [-0.3, -0.25) is 4.79 Å². The van der Waals surface area contributed by atoms with Crippen LogP contribution in [-0.2, 0) is 13.2 Å². The number of thiazole rings is 1. The number of ether oxygens (including phenoxy) is 1. The summed E-state index contributed by atoms with van der Waals surface area (Å²) in [5, 5.41) is 2.95. The van der Waals surface area contributed by atoms with E-state index < -0.39 is 0 Å². The second-order valence-electron chi connectivity index (χ2n) is 8.27. The number of hydrogen-bond donors (Lipinski definition) is 0. The summed E-state index contributed by atoms with van der Waals surface area (Å²) in [6, 6.07) is 16.1. The number of nitrogens with zero attached hydrogens (tertiary/aromatic N) is 2. The predicted molar refractivity (Wildman–Crippen MR) is 128 cm³/mol. The van der Waals surface area contributed by atoms with E-state index in [1.54, 1.807) is 11.3 Å². The first-order valence-electron chi connectivity index (χ1n) is 10.9. The molecule has 164 valence electrons. The van der Waals surface area contributed by atoms with Crippen LogP contribution < -0.4 is 4.74 Å². The van der Waals surface area contributed by atoms with Crippen LogP contribution in [0.5, 0.6) is 5.75 Å². The van der Waals surface area contributed by atoms with Gasteiger partial charge in [0.1, 0.15) is 17.4 Å². The number of aromatic nitrogens is 1. The van der Waals surface area contributed by atoms with Gasteiger partial charge in [0.25, 0.3) is 5.91 Å². The molecule has 0 aliphatic rings. The molecule has 1 atom stereocenters. The number of rotatable bonds is 9. The standard InChI is InChI=1S/C26H32N2O2S/c1-6-20(5)28(26(29)21-11-9-10-19(4)14-21)15-22-17-31-25(27-22)16-30-24-13-8-7-12-23(24)18(2)3/h7-14,17-18,20H,6,15-16H2,1-5H3. The molecule has 1 amide bonds. The smallest absolute Gasteiger partial charge is 0.254 e. The lowest BCUT2D eigenvalue weighted by molar-refractivity contribution is 0.0669. The maximum absolute atomic E-state index is 13.2. The van der Waals surface area contributed by atoms with E-state index in [1.807, 2.05) is 59.7 Å². The van der Waals surface area contributed by atoms with Crippen molar-refractivity contribution in [3.05, 3.63) is 81.3 Å². The molecule has 2 aromatic carbocycles. The van der Waals surface area contributed by atoms with Crippen molar-refractivity contribution < 1.29 is 9.53 Å². The van der Waals surface area contributed by atoms with Crippen LogP contribution in [0.1, 0.15) is 72.2 Å². The quantitative estimate of drug-likeness (QED) is 0.380. The van der Waals surface area contributed by atoms with Gasteiger partial charge in [-0.15, -0.1) is 11.3 Å². The average Bonchev–Trinajstić information content (AvgIpc) is 3.22. The predicted octanol–water partition coefficient (Wildman–Crippen LogP) is 6.59. The molecule has 0 saturated carbocycles. The summed E-state index contributed by atoms with van der Waals surface area (Å²) in [5.74, 6) is 1.36. The van der Waals surface area contributed by atoms with Crippen LogP contribution >= 0.6 is 11.3 Å². The minimum Gasteiger partial charge on any atom is -0.486 e. The SMILES string of the molecule is CCC(C)N(Cc1csc(COc2ccccc2C(C)C)n1)C(=O)c1cccc(C)c1. The van der Waals surface area contributed by atoms with E-state index in [4.69, 9.17) is 9.72 Å². The Morgan fingerprint density at radius 2 is 1.90 bits per heavy atom. The molecule has 1 unspecified atom stereocenters. The summed E-state index contributed by atoms with van der Waals surface area (Å²) < 4.78 is 6.07. The number of aryl methyl sites for hydroxylation is 1. The number of carbonyl (C=O) groups is 1. The van der Waals surface area contributed by atoms with Gasteiger partial charge >= 0.3 is 0 Å². The Bertz CT molecular complexity index is 1010. The summed E-state index contributed by atoms with van der Waals surface area (Å²) in [5.41, 5.74) is 3.92. The lowest BCUT2D eigenvalue weighted by Crippen LogP contribution is -2.38. The van der Waals surface area contributed by atoms with Crippen LogP contribution in [0.2, 0.25) is 0 Å². The molecule has 0 N–H and O–H groups in total. The van der Waals surface area contributed by atoms with Crippen molar-refractivity contribution in [1.82, 2.24) is 9.88 Å². The Morgan fingerprint density at radius 1 is 1.13 bits per heavy atom. The molecule has 3 aromatic rings. The molecular weight excluding hydrogens is 404 g/mol. The summed E-state index contributed by atoms with van der Waals surface area (Å²) in [4.78, 5) is 19.9. The minimum atomic E-state index is 0.0507. The fourth-order valence-corrected chi connectivity index (χ4v) is 4.18. The van der Waals surface area contributed by atoms with Crippen molar-refractivity contribution in [3.8, 4) is 5.75 Å². The molecule has 4 nitrogen and oxygen atoms in total. The third kappa shape index (κ3) is 5.95. The lowest BCUT2D eigenvalue weighted by Gasteiger charge is -2.28. The number of benzene rings is 2. The Balaban J connectivity index is 1.71. The van der Waals surface area contributed by atoms with Crippen molar-refractivity contribution in [2.75, 3.05) is 0 Å². The molecule has 0 aliphatic carbocycles. The zero-order valence-electron chi connectivity index (χ0n) is 19.1. The van der Waals surface area contributed by atoms with Crippen molar-refractivity contribution in [2.45, 2.75) is 66.2 Å². The Morgan fingerprint density at radius 3 is 2.61 bits per heavy atom. The van der Waals surface area contributed by atoms with E-state index >= 15 is 0 Å². The van der Waals surface area contributed by atoms with E-state index in [9.17, 15) is 4.79 Å². The molecule has 5 heteroatoms. The number of hydrogen-bond acceptors (Lipinski definition) is 4. The fraction of sp³-hybridized carbons (Fsp3) is 0.385. The van der Waals surface area contributed by atoms with Crippen LogP contribution in [0.4, 0.5) is 0 Å². The van der Waals surface area contributed by atoms with E-state index in [0.717, 1.165) is 34.0 Å². The largest absolute Gasteiger partial charge is 0.486 e. The van der Waals surface area contributed by atoms with E-state index in [-0.39, 0.29) is 11.9 Å². The number of carbonyl (C=O) groups excluding carboxylic acids is 1. The van der Waals surface area contributed by atoms with Crippen molar-refractivity contribution >= 4 is 17.2 Å². The molecule has 0 radical (unpaired) electrons.